The number of aromatic amines is 1. The molecule has 4 aromatic rings. The standard InChI is InChI=1S/C20H20N8O2/c1-2-22-20(30)27-19-25-16-6-5-15(8-17(16)26-19)28-12-14(11-24-28)18(29)23-10-13-4-3-7-21-9-13/h3-9,11-12H,2,10H2,1H3,(H,23,29)(H3,22,25,26,27,30). The lowest BCUT2D eigenvalue weighted by molar-refractivity contribution is 0.0951. The molecule has 30 heavy (non-hydrogen) atoms. The summed E-state index contributed by atoms with van der Waals surface area (Å²) in [5, 5.41) is 12.4. The number of aromatic nitrogens is 5. The van der Waals surface area contributed by atoms with Crippen molar-refractivity contribution in [3.8, 4) is 5.69 Å². The molecule has 1 aromatic carbocycles. The van der Waals surface area contributed by atoms with Gasteiger partial charge in [0.1, 0.15) is 0 Å². The number of hydrogen-bond donors (Lipinski definition) is 4. The number of fused-ring (bicyclic) bond motifs is 1. The van der Waals surface area contributed by atoms with Crippen LogP contribution in [0.15, 0.2) is 55.1 Å². The molecule has 0 atom stereocenters. The third kappa shape index (κ3) is 4.27. The highest BCUT2D eigenvalue weighted by molar-refractivity contribution is 5.94. The topological polar surface area (TPSA) is 130 Å². The Bertz CT molecular complexity index is 1180. The van der Waals surface area contributed by atoms with E-state index in [4.69, 9.17) is 0 Å². The molecule has 3 aromatic heterocycles. The van der Waals surface area contributed by atoms with Crippen LogP contribution < -0.4 is 16.0 Å². The van der Waals surface area contributed by atoms with Gasteiger partial charge in [-0.05, 0) is 36.8 Å². The van der Waals surface area contributed by atoms with Crippen LogP contribution in [-0.4, -0.2) is 43.2 Å². The number of rotatable bonds is 6. The minimum Gasteiger partial charge on any atom is -0.348 e. The number of carbonyl (C=O) groups excluding carboxylic acids is 2. The van der Waals surface area contributed by atoms with E-state index in [2.05, 4.69) is 36.0 Å². The monoisotopic (exact) mass is 404 g/mol. The molecule has 4 rings (SSSR count). The molecular weight excluding hydrogens is 384 g/mol. The molecule has 10 heteroatoms. The smallest absolute Gasteiger partial charge is 0.321 e. The Labute approximate surface area is 171 Å². The maximum absolute atomic E-state index is 12.4. The fourth-order valence-electron chi connectivity index (χ4n) is 2.88. The molecule has 0 aliphatic heterocycles. The SMILES string of the molecule is CCNC(=O)Nc1nc2cc(-n3cc(C(=O)NCc4cccnc4)cn3)ccc2[nH]1. The third-order valence-electron chi connectivity index (χ3n) is 4.32. The van der Waals surface area contributed by atoms with Gasteiger partial charge in [-0.25, -0.2) is 14.5 Å². The summed E-state index contributed by atoms with van der Waals surface area (Å²) in [5.41, 5.74) is 3.54. The molecule has 10 nitrogen and oxygen atoms in total. The van der Waals surface area contributed by atoms with E-state index in [0.717, 1.165) is 16.8 Å². The van der Waals surface area contributed by atoms with Crippen molar-refractivity contribution in [2.75, 3.05) is 11.9 Å². The lowest BCUT2D eigenvalue weighted by atomic mass is 10.2. The second-order valence-corrected chi connectivity index (χ2v) is 6.49. The summed E-state index contributed by atoms with van der Waals surface area (Å²) in [5.74, 6) is 0.128. The lowest BCUT2D eigenvalue weighted by Crippen LogP contribution is -2.28. The highest BCUT2D eigenvalue weighted by Gasteiger charge is 2.11. The first-order valence-electron chi connectivity index (χ1n) is 9.39. The number of benzene rings is 1. The van der Waals surface area contributed by atoms with Crippen molar-refractivity contribution in [2.24, 2.45) is 0 Å². The summed E-state index contributed by atoms with van der Waals surface area (Å²) in [4.78, 5) is 35.5. The molecule has 0 saturated heterocycles. The van der Waals surface area contributed by atoms with Crippen LogP contribution in [0.1, 0.15) is 22.8 Å². The van der Waals surface area contributed by atoms with Gasteiger partial charge in [0.25, 0.3) is 5.91 Å². The lowest BCUT2D eigenvalue weighted by Gasteiger charge is -2.03. The van der Waals surface area contributed by atoms with Crippen molar-refractivity contribution in [1.29, 1.82) is 0 Å². The maximum atomic E-state index is 12.4. The first-order chi connectivity index (χ1) is 14.6. The zero-order chi connectivity index (χ0) is 20.9. The number of imidazole rings is 1. The molecule has 152 valence electrons. The minimum absolute atomic E-state index is 0.223. The van der Waals surface area contributed by atoms with E-state index in [1.807, 2.05) is 37.3 Å². The predicted octanol–water partition coefficient (Wildman–Crippen LogP) is 2.22. The fraction of sp³-hybridized carbons (Fsp3) is 0.150. The Hall–Kier alpha value is -4.21. The summed E-state index contributed by atoms with van der Waals surface area (Å²) < 4.78 is 1.60. The normalized spacial score (nSPS) is 10.7. The van der Waals surface area contributed by atoms with E-state index < -0.39 is 0 Å². The maximum Gasteiger partial charge on any atom is 0.321 e. The van der Waals surface area contributed by atoms with Crippen LogP contribution in [0.5, 0.6) is 0 Å². The van der Waals surface area contributed by atoms with Gasteiger partial charge in [0, 0.05) is 31.7 Å². The van der Waals surface area contributed by atoms with E-state index >= 15 is 0 Å². The number of nitrogens with one attached hydrogen (secondary N) is 4. The van der Waals surface area contributed by atoms with Gasteiger partial charge in [-0.1, -0.05) is 6.07 Å². The number of amides is 3. The van der Waals surface area contributed by atoms with Crippen LogP contribution in [0.4, 0.5) is 10.7 Å². The number of H-pyrrole nitrogens is 1. The van der Waals surface area contributed by atoms with Gasteiger partial charge in [-0.3, -0.25) is 15.1 Å². The molecule has 0 saturated carbocycles. The minimum atomic E-state index is -0.328. The number of carbonyl (C=O) groups is 2. The number of anilines is 1. The highest BCUT2D eigenvalue weighted by Crippen LogP contribution is 2.18. The van der Waals surface area contributed by atoms with Gasteiger partial charge in [-0.2, -0.15) is 5.10 Å². The van der Waals surface area contributed by atoms with Gasteiger partial charge < -0.3 is 15.6 Å². The van der Waals surface area contributed by atoms with Crippen molar-refractivity contribution >= 4 is 28.9 Å². The number of nitrogens with zero attached hydrogens (tertiary/aromatic N) is 4. The van der Waals surface area contributed by atoms with E-state index in [9.17, 15) is 9.59 Å². The van der Waals surface area contributed by atoms with Crippen LogP contribution in [0, 0.1) is 0 Å². The zero-order valence-electron chi connectivity index (χ0n) is 16.2. The van der Waals surface area contributed by atoms with Gasteiger partial charge >= 0.3 is 6.03 Å². The second kappa shape index (κ2) is 8.43. The zero-order valence-corrected chi connectivity index (χ0v) is 16.2. The first-order valence-corrected chi connectivity index (χ1v) is 9.39. The Kier molecular flexibility index (Phi) is 5.37. The van der Waals surface area contributed by atoms with E-state index in [1.165, 1.54) is 6.20 Å². The molecule has 0 fully saturated rings. The third-order valence-corrected chi connectivity index (χ3v) is 4.32. The van der Waals surface area contributed by atoms with Crippen molar-refractivity contribution in [2.45, 2.75) is 13.5 Å². The molecule has 4 N–H and O–H groups in total. The Balaban J connectivity index is 1.47. The summed E-state index contributed by atoms with van der Waals surface area (Å²) in [6.45, 7) is 2.74. The molecule has 0 spiro atoms. The summed E-state index contributed by atoms with van der Waals surface area (Å²) in [7, 11) is 0. The Morgan fingerprint density at radius 3 is 2.87 bits per heavy atom. The molecule has 0 radical (unpaired) electrons. The average molecular weight is 404 g/mol. The molecular formula is C20H20N8O2. The van der Waals surface area contributed by atoms with Crippen LogP contribution in [0.2, 0.25) is 0 Å². The molecule has 3 amide bonds. The van der Waals surface area contributed by atoms with Crippen LogP contribution in [0.3, 0.4) is 0 Å². The van der Waals surface area contributed by atoms with Crippen LogP contribution in [0.25, 0.3) is 16.7 Å². The largest absolute Gasteiger partial charge is 0.348 e. The molecule has 0 bridgehead atoms. The number of pyridine rings is 1. The number of hydrogen-bond acceptors (Lipinski definition) is 5. The van der Waals surface area contributed by atoms with Gasteiger partial charge in [0.15, 0.2) is 0 Å². The van der Waals surface area contributed by atoms with Crippen molar-refractivity contribution in [1.82, 2.24) is 35.4 Å². The molecule has 0 aliphatic rings. The van der Waals surface area contributed by atoms with Gasteiger partial charge in [0.05, 0.1) is 28.5 Å². The van der Waals surface area contributed by atoms with Gasteiger partial charge in [0.2, 0.25) is 5.95 Å². The van der Waals surface area contributed by atoms with Crippen molar-refractivity contribution < 1.29 is 9.59 Å². The van der Waals surface area contributed by atoms with Crippen LogP contribution in [-0.2, 0) is 6.54 Å². The fourth-order valence-corrected chi connectivity index (χ4v) is 2.88. The van der Waals surface area contributed by atoms with Gasteiger partial charge in [-0.15, -0.1) is 0 Å². The van der Waals surface area contributed by atoms with Crippen molar-refractivity contribution in [3.05, 3.63) is 66.2 Å². The molecule has 3 heterocycles. The quantitative estimate of drug-likeness (QED) is 0.391. The average Bonchev–Trinajstić information content (AvgIpc) is 3.39. The Morgan fingerprint density at radius 1 is 1.17 bits per heavy atom. The number of urea groups is 1. The molecule has 0 aliphatic carbocycles. The van der Waals surface area contributed by atoms with Crippen molar-refractivity contribution in [3.63, 3.8) is 0 Å². The highest BCUT2D eigenvalue weighted by atomic mass is 16.2. The molecule has 0 unspecified atom stereocenters. The van der Waals surface area contributed by atoms with Crippen LogP contribution >= 0.6 is 0 Å². The van der Waals surface area contributed by atoms with E-state index in [0.29, 0.717) is 30.1 Å². The van der Waals surface area contributed by atoms with E-state index in [-0.39, 0.29) is 11.9 Å². The first kappa shape index (κ1) is 19.1. The Morgan fingerprint density at radius 2 is 2.07 bits per heavy atom. The summed E-state index contributed by atoms with van der Waals surface area (Å²) in [6.07, 6.45) is 6.55. The van der Waals surface area contributed by atoms with E-state index in [1.54, 1.807) is 23.3 Å². The summed E-state index contributed by atoms with van der Waals surface area (Å²) in [6, 6.07) is 8.89. The predicted molar refractivity (Wildman–Crippen MR) is 111 cm³/mol. The second-order valence-electron chi connectivity index (χ2n) is 6.49. The summed E-state index contributed by atoms with van der Waals surface area (Å²) >= 11 is 0.